The summed E-state index contributed by atoms with van der Waals surface area (Å²) in [6.07, 6.45) is 0.967. The second kappa shape index (κ2) is 7.93. The zero-order chi connectivity index (χ0) is 19.4. The van der Waals surface area contributed by atoms with Gasteiger partial charge in [-0.3, -0.25) is 4.79 Å². The van der Waals surface area contributed by atoms with Crippen LogP contribution in [0.5, 0.6) is 0 Å². The Morgan fingerprint density at radius 2 is 2.07 bits per heavy atom. The summed E-state index contributed by atoms with van der Waals surface area (Å²) in [5, 5.41) is 16.6. The highest BCUT2D eigenvalue weighted by Gasteiger charge is 2.17. The van der Waals surface area contributed by atoms with Crippen molar-refractivity contribution in [2.45, 2.75) is 12.8 Å². The highest BCUT2D eigenvalue weighted by atomic mass is 35.5. The average Bonchev–Trinajstić information content (AvgIpc) is 3.22. The number of nitrogens with zero attached hydrogens (tertiary/aromatic N) is 3. The van der Waals surface area contributed by atoms with Crippen molar-refractivity contribution in [3.8, 4) is 11.8 Å². The smallest absolute Gasteiger partial charge is 0.287 e. The minimum atomic E-state index is -0.376. The van der Waals surface area contributed by atoms with Gasteiger partial charge in [0.1, 0.15) is 23.3 Å². The molecule has 0 fully saturated rings. The maximum atomic E-state index is 13.1. The molecule has 3 aromatic rings. The largest absolute Gasteiger partial charge is 0.440 e. The molecule has 0 bridgehead atoms. The number of amides is 1. The maximum Gasteiger partial charge on any atom is 0.287 e. The summed E-state index contributed by atoms with van der Waals surface area (Å²) in [7, 11) is 0. The van der Waals surface area contributed by atoms with Crippen LogP contribution in [0.1, 0.15) is 28.2 Å². The normalized spacial score (nSPS) is 10.6. The fourth-order valence-corrected chi connectivity index (χ4v) is 2.68. The van der Waals surface area contributed by atoms with E-state index in [0.29, 0.717) is 30.8 Å². The molecule has 138 valence electrons. The first-order valence-electron chi connectivity index (χ1n) is 8.06. The van der Waals surface area contributed by atoms with Crippen molar-refractivity contribution in [1.82, 2.24) is 15.1 Å². The topological polar surface area (TPSA) is 110 Å². The molecule has 1 amide bonds. The molecule has 9 heteroatoms. The van der Waals surface area contributed by atoms with Gasteiger partial charge in [-0.05, 0) is 60.8 Å². The Labute approximate surface area is 159 Å². The van der Waals surface area contributed by atoms with Crippen LogP contribution in [-0.2, 0) is 6.42 Å². The first-order valence-corrected chi connectivity index (χ1v) is 8.44. The molecule has 0 radical (unpaired) electrons. The fourth-order valence-electron chi connectivity index (χ4n) is 2.54. The summed E-state index contributed by atoms with van der Waals surface area (Å²) in [6.45, 7) is 0.353. The van der Waals surface area contributed by atoms with Gasteiger partial charge in [-0.2, -0.15) is 10.4 Å². The lowest BCUT2D eigenvalue weighted by molar-refractivity contribution is 0.0925. The molecule has 2 aromatic heterocycles. The van der Waals surface area contributed by atoms with Crippen molar-refractivity contribution in [3.63, 3.8) is 0 Å². The summed E-state index contributed by atoms with van der Waals surface area (Å²) in [5.74, 6) is -0.437. The second-order valence-electron chi connectivity index (χ2n) is 5.67. The van der Waals surface area contributed by atoms with Crippen LogP contribution < -0.4 is 11.1 Å². The summed E-state index contributed by atoms with van der Waals surface area (Å²) in [6, 6.07) is 10.6. The number of aryl methyl sites for hydroxylation is 1. The number of carbonyl (C=O) groups excluding carboxylic acids is 1. The third-order valence-electron chi connectivity index (χ3n) is 3.85. The molecule has 1 aromatic carbocycles. The lowest BCUT2D eigenvalue weighted by atomic mass is 10.1. The van der Waals surface area contributed by atoms with Crippen LogP contribution in [0.25, 0.3) is 5.69 Å². The highest BCUT2D eigenvalue weighted by molar-refractivity contribution is 6.29. The van der Waals surface area contributed by atoms with Gasteiger partial charge in [0.15, 0.2) is 11.0 Å². The predicted molar refractivity (Wildman–Crippen MR) is 97.0 cm³/mol. The van der Waals surface area contributed by atoms with Gasteiger partial charge in [-0.25, -0.2) is 9.07 Å². The number of hydrogen-bond donors (Lipinski definition) is 2. The summed E-state index contributed by atoms with van der Waals surface area (Å²) in [4.78, 5) is 11.9. The van der Waals surface area contributed by atoms with E-state index in [4.69, 9.17) is 21.8 Å². The molecule has 3 N–H and O–H groups in total. The molecule has 27 heavy (non-hydrogen) atoms. The average molecular weight is 388 g/mol. The molecule has 0 unspecified atom stereocenters. The van der Waals surface area contributed by atoms with Crippen LogP contribution in [0.15, 0.2) is 40.8 Å². The van der Waals surface area contributed by atoms with Crippen LogP contribution in [0.2, 0.25) is 5.22 Å². The van der Waals surface area contributed by atoms with E-state index in [2.05, 4.69) is 10.4 Å². The van der Waals surface area contributed by atoms with Gasteiger partial charge >= 0.3 is 0 Å². The predicted octanol–water partition coefficient (Wildman–Crippen LogP) is 3.07. The van der Waals surface area contributed by atoms with Crippen LogP contribution in [-0.4, -0.2) is 22.2 Å². The molecule has 7 nitrogen and oxygen atoms in total. The summed E-state index contributed by atoms with van der Waals surface area (Å²) in [5.41, 5.74) is 7.34. The number of carbonyl (C=O) groups is 1. The first kappa shape index (κ1) is 18.5. The maximum absolute atomic E-state index is 13.1. The lowest BCUT2D eigenvalue weighted by Gasteiger charge is -2.03. The molecule has 0 atom stereocenters. The van der Waals surface area contributed by atoms with Gasteiger partial charge in [0.05, 0.1) is 11.4 Å². The number of anilines is 1. The van der Waals surface area contributed by atoms with Crippen LogP contribution in [0, 0.1) is 17.1 Å². The Morgan fingerprint density at radius 3 is 2.70 bits per heavy atom. The van der Waals surface area contributed by atoms with Crippen LogP contribution >= 0.6 is 11.6 Å². The van der Waals surface area contributed by atoms with E-state index in [0.717, 1.165) is 0 Å². The van der Waals surface area contributed by atoms with Crippen LogP contribution in [0.3, 0.4) is 0 Å². The Balaban J connectivity index is 1.65. The van der Waals surface area contributed by atoms with E-state index >= 15 is 0 Å². The minimum Gasteiger partial charge on any atom is -0.440 e. The third-order valence-corrected chi connectivity index (χ3v) is 4.05. The second-order valence-corrected chi connectivity index (χ2v) is 6.04. The SMILES string of the molecule is N#Cc1c(CCCNC(=O)c2ccc(Cl)o2)nn(-c2ccc(F)cc2)c1N. The van der Waals surface area contributed by atoms with Gasteiger partial charge in [0, 0.05) is 6.54 Å². The number of benzene rings is 1. The number of furan rings is 1. The Hall–Kier alpha value is -3.31. The van der Waals surface area contributed by atoms with Gasteiger partial charge in [-0.1, -0.05) is 0 Å². The zero-order valence-corrected chi connectivity index (χ0v) is 14.8. The molecule has 0 aliphatic heterocycles. The van der Waals surface area contributed by atoms with E-state index in [1.807, 2.05) is 6.07 Å². The Bertz CT molecular complexity index is 1000. The van der Waals surface area contributed by atoms with Crippen molar-refractivity contribution < 1.29 is 13.6 Å². The van der Waals surface area contributed by atoms with Crippen molar-refractivity contribution in [2.24, 2.45) is 0 Å². The molecule has 3 rings (SSSR count). The quantitative estimate of drug-likeness (QED) is 0.631. The van der Waals surface area contributed by atoms with Gasteiger partial charge < -0.3 is 15.5 Å². The van der Waals surface area contributed by atoms with Crippen LogP contribution in [0.4, 0.5) is 10.2 Å². The Kier molecular flexibility index (Phi) is 5.43. The zero-order valence-electron chi connectivity index (χ0n) is 14.1. The van der Waals surface area contributed by atoms with E-state index in [1.54, 1.807) is 0 Å². The number of nitrogens with one attached hydrogen (secondary N) is 1. The molecule has 2 heterocycles. The van der Waals surface area contributed by atoms with E-state index in [9.17, 15) is 14.4 Å². The number of nitriles is 1. The van der Waals surface area contributed by atoms with E-state index < -0.39 is 0 Å². The fraction of sp³-hybridized carbons (Fsp3) is 0.167. The lowest BCUT2D eigenvalue weighted by Crippen LogP contribution is -2.24. The molecule has 0 spiro atoms. The molecule has 0 saturated heterocycles. The molecular weight excluding hydrogens is 373 g/mol. The number of nitrogens with two attached hydrogens (primary N) is 1. The standard InChI is InChI=1S/C18H15ClFN5O2/c19-16-8-7-15(27-16)18(26)23-9-1-2-14-13(10-21)17(22)25(24-14)12-5-3-11(20)4-6-12/h3-8H,1-2,9,22H2,(H,23,26). The van der Waals surface area contributed by atoms with E-state index in [-0.39, 0.29) is 34.1 Å². The van der Waals surface area contributed by atoms with Crippen molar-refractivity contribution >= 4 is 23.3 Å². The molecule has 0 aliphatic rings. The van der Waals surface area contributed by atoms with Crippen molar-refractivity contribution in [1.29, 1.82) is 5.26 Å². The van der Waals surface area contributed by atoms with Gasteiger partial charge in [-0.15, -0.1) is 0 Å². The Morgan fingerprint density at radius 1 is 1.33 bits per heavy atom. The molecule has 0 aliphatic carbocycles. The number of halogens is 2. The number of rotatable bonds is 6. The minimum absolute atomic E-state index is 0.127. The van der Waals surface area contributed by atoms with Crippen molar-refractivity contribution in [2.75, 3.05) is 12.3 Å². The number of hydrogen-bond acceptors (Lipinski definition) is 5. The molecular formula is C18H15ClFN5O2. The van der Waals surface area contributed by atoms with Gasteiger partial charge in [0.2, 0.25) is 0 Å². The monoisotopic (exact) mass is 387 g/mol. The summed E-state index contributed by atoms with van der Waals surface area (Å²) >= 11 is 5.64. The van der Waals surface area contributed by atoms with E-state index in [1.165, 1.54) is 41.1 Å². The molecule has 0 saturated carbocycles. The van der Waals surface area contributed by atoms with Crippen molar-refractivity contribution in [3.05, 3.63) is 64.5 Å². The first-order chi connectivity index (χ1) is 13.0. The number of nitrogen functional groups attached to an aromatic ring is 1. The highest BCUT2D eigenvalue weighted by Crippen LogP contribution is 2.21. The number of aromatic nitrogens is 2. The third kappa shape index (κ3) is 4.10. The summed E-state index contributed by atoms with van der Waals surface area (Å²) < 4.78 is 19.5. The van der Waals surface area contributed by atoms with Gasteiger partial charge in [0.25, 0.3) is 5.91 Å².